The van der Waals surface area contributed by atoms with E-state index in [0.717, 1.165) is 42.6 Å². The Labute approximate surface area is 139 Å². The van der Waals surface area contributed by atoms with Crippen molar-refractivity contribution in [1.82, 2.24) is 10.2 Å². The molecule has 2 heterocycles. The summed E-state index contributed by atoms with van der Waals surface area (Å²) in [5, 5.41) is 3.40. The third-order valence-electron chi connectivity index (χ3n) is 4.10. The zero-order valence-corrected chi connectivity index (χ0v) is 14.2. The molecule has 2 atom stereocenters. The lowest BCUT2D eigenvalue weighted by atomic mass is 10.1. The topological polar surface area (TPSA) is 41.6 Å². The van der Waals surface area contributed by atoms with Gasteiger partial charge in [-0.1, -0.05) is 22.0 Å². The Morgan fingerprint density at radius 2 is 2.14 bits per heavy atom. The third kappa shape index (κ3) is 3.90. The molecule has 0 aromatic heterocycles. The second-order valence-corrected chi connectivity index (χ2v) is 6.34. The van der Waals surface area contributed by atoms with Gasteiger partial charge in [-0.05, 0) is 44.0 Å². The van der Waals surface area contributed by atoms with E-state index in [1.165, 1.54) is 0 Å². The number of carbonyl (C=O) groups excluding carboxylic acids is 1. The van der Waals surface area contributed by atoms with Crippen LogP contribution in [-0.4, -0.2) is 42.6 Å². The maximum absolute atomic E-state index is 12.4. The molecule has 0 aliphatic carbocycles. The molecule has 6 heteroatoms. The van der Waals surface area contributed by atoms with Crippen LogP contribution in [0.2, 0.25) is 0 Å². The molecule has 4 nitrogen and oxygen atoms in total. The first-order chi connectivity index (χ1) is 9.74. The average Bonchev–Trinajstić information content (AvgIpc) is 2.69. The van der Waals surface area contributed by atoms with Gasteiger partial charge >= 0.3 is 0 Å². The second kappa shape index (κ2) is 7.47. The maximum Gasteiger partial charge on any atom is 0.261 e. The number of hydrogen-bond donors (Lipinski definition) is 1. The van der Waals surface area contributed by atoms with Crippen molar-refractivity contribution < 1.29 is 9.53 Å². The fourth-order valence-corrected chi connectivity index (χ4v) is 3.54. The van der Waals surface area contributed by atoms with Gasteiger partial charge in [0.1, 0.15) is 5.75 Å². The molecule has 1 amide bonds. The minimum Gasteiger partial charge on any atom is -0.484 e. The van der Waals surface area contributed by atoms with E-state index in [2.05, 4.69) is 26.1 Å². The van der Waals surface area contributed by atoms with Crippen molar-refractivity contribution in [3.8, 4) is 5.75 Å². The van der Waals surface area contributed by atoms with Gasteiger partial charge in [0.25, 0.3) is 5.91 Å². The number of halogens is 2. The van der Waals surface area contributed by atoms with Crippen LogP contribution in [0.25, 0.3) is 0 Å². The number of nitrogens with zero attached hydrogens (tertiary/aromatic N) is 1. The van der Waals surface area contributed by atoms with Crippen LogP contribution in [0.4, 0.5) is 0 Å². The Balaban J connectivity index is 0.00000161. The number of benzene rings is 1. The summed E-state index contributed by atoms with van der Waals surface area (Å²) in [5.74, 6) is 0.842. The van der Waals surface area contributed by atoms with Gasteiger partial charge in [-0.15, -0.1) is 12.4 Å². The van der Waals surface area contributed by atoms with E-state index in [1.54, 1.807) is 0 Å². The first-order valence-electron chi connectivity index (χ1n) is 7.14. The first kappa shape index (κ1) is 16.6. The molecular formula is C15H20BrClN2O2. The van der Waals surface area contributed by atoms with Gasteiger partial charge in [-0.2, -0.15) is 0 Å². The second-order valence-electron chi connectivity index (χ2n) is 5.42. The van der Waals surface area contributed by atoms with E-state index in [1.807, 2.05) is 24.3 Å². The highest BCUT2D eigenvalue weighted by atomic mass is 79.9. The van der Waals surface area contributed by atoms with Gasteiger partial charge in [0, 0.05) is 23.1 Å². The molecule has 1 N–H and O–H groups in total. The summed E-state index contributed by atoms with van der Waals surface area (Å²) in [7, 11) is 0. The number of ether oxygens (including phenoxy) is 1. The Kier molecular flexibility index (Phi) is 5.90. The maximum atomic E-state index is 12.4. The zero-order valence-electron chi connectivity index (χ0n) is 11.8. The van der Waals surface area contributed by atoms with Crippen molar-refractivity contribution in [2.45, 2.75) is 31.3 Å². The summed E-state index contributed by atoms with van der Waals surface area (Å²) in [4.78, 5) is 14.5. The molecule has 1 aromatic carbocycles. The first-order valence-corrected chi connectivity index (χ1v) is 7.93. The van der Waals surface area contributed by atoms with E-state index in [9.17, 15) is 4.79 Å². The van der Waals surface area contributed by atoms with Crippen LogP contribution < -0.4 is 10.1 Å². The number of amides is 1. The highest BCUT2D eigenvalue weighted by Gasteiger charge is 2.37. The lowest BCUT2D eigenvalue weighted by Gasteiger charge is -2.27. The molecule has 0 radical (unpaired) electrons. The predicted molar refractivity (Wildman–Crippen MR) is 88.0 cm³/mol. The number of fused-ring (bicyclic) bond motifs is 2. The normalized spacial score (nSPS) is 24.1. The summed E-state index contributed by atoms with van der Waals surface area (Å²) in [6.07, 6.45) is 3.30. The molecule has 21 heavy (non-hydrogen) atoms. The number of nitrogens with one attached hydrogen (secondary N) is 1. The van der Waals surface area contributed by atoms with Crippen LogP contribution >= 0.6 is 28.3 Å². The largest absolute Gasteiger partial charge is 0.484 e. The molecule has 2 saturated heterocycles. The summed E-state index contributed by atoms with van der Waals surface area (Å²) < 4.78 is 6.59. The van der Waals surface area contributed by atoms with E-state index < -0.39 is 0 Å². The fraction of sp³-hybridized carbons (Fsp3) is 0.533. The van der Waals surface area contributed by atoms with Gasteiger partial charge in [0.2, 0.25) is 0 Å². The van der Waals surface area contributed by atoms with Crippen LogP contribution in [0.5, 0.6) is 5.75 Å². The van der Waals surface area contributed by atoms with Crippen LogP contribution in [0, 0.1) is 0 Å². The van der Waals surface area contributed by atoms with Crippen molar-refractivity contribution in [2.75, 3.05) is 19.7 Å². The Morgan fingerprint density at radius 3 is 2.95 bits per heavy atom. The molecule has 2 unspecified atom stereocenters. The van der Waals surface area contributed by atoms with Crippen LogP contribution in [0.1, 0.15) is 19.3 Å². The van der Waals surface area contributed by atoms with Gasteiger partial charge in [-0.25, -0.2) is 0 Å². The number of rotatable bonds is 3. The summed E-state index contributed by atoms with van der Waals surface area (Å²) in [5.41, 5.74) is 0. The standard InChI is InChI=1S/C15H19BrN2O2.ClH/c16-11-2-1-3-14(8-11)20-10-15(19)18-12-4-5-13(18)9-17-7-6-12;/h1-3,8,12-13,17H,4-7,9-10H2;1H. The average molecular weight is 376 g/mol. The van der Waals surface area contributed by atoms with Gasteiger partial charge in [-0.3, -0.25) is 4.79 Å². The molecule has 2 fully saturated rings. The summed E-state index contributed by atoms with van der Waals surface area (Å²) in [6, 6.07) is 8.34. The molecule has 2 bridgehead atoms. The van der Waals surface area contributed by atoms with Gasteiger partial charge < -0.3 is 15.0 Å². The molecule has 116 valence electrons. The van der Waals surface area contributed by atoms with Crippen molar-refractivity contribution in [2.24, 2.45) is 0 Å². The van der Waals surface area contributed by atoms with Crippen LogP contribution in [0.15, 0.2) is 28.7 Å². The van der Waals surface area contributed by atoms with Crippen molar-refractivity contribution in [3.63, 3.8) is 0 Å². The Bertz CT molecular complexity index is 486. The molecule has 0 spiro atoms. The van der Waals surface area contributed by atoms with Crippen molar-refractivity contribution in [1.29, 1.82) is 0 Å². The summed E-state index contributed by atoms with van der Waals surface area (Å²) >= 11 is 3.40. The SMILES string of the molecule is Cl.O=C(COc1cccc(Br)c1)N1C2CCNCC1CC2. The number of carbonyl (C=O) groups is 1. The zero-order chi connectivity index (χ0) is 13.9. The van der Waals surface area contributed by atoms with Crippen LogP contribution in [-0.2, 0) is 4.79 Å². The van der Waals surface area contributed by atoms with Crippen molar-refractivity contribution in [3.05, 3.63) is 28.7 Å². The Hall–Kier alpha value is -0.780. The van der Waals surface area contributed by atoms with E-state index in [-0.39, 0.29) is 24.9 Å². The number of hydrogen-bond acceptors (Lipinski definition) is 3. The summed E-state index contributed by atoms with van der Waals surface area (Å²) in [6.45, 7) is 2.06. The lowest BCUT2D eigenvalue weighted by molar-refractivity contribution is -0.136. The Morgan fingerprint density at radius 1 is 1.33 bits per heavy atom. The third-order valence-corrected chi connectivity index (χ3v) is 4.59. The van der Waals surface area contributed by atoms with E-state index >= 15 is 0 Å². The van der Waals surface area contributed by atoms with Gasteiger partial charge in [0.05, 0.1) is 0 Å². The molecule has 0 saturated carbocycles. The predicted octanol–water partition coefficient (Wildman–Crippen LogP) is 2.60. The van der Waals surface area contributed by atoms with E-state index in [4.69, 9.17) is 4.74 Å². The van der Waals surface area contributed by atoms with Crippen molar-refractivity contribution >= 4 is 34.2 Å². The minimum atomic E-state index is 0. The highest BCUT2D eigenvalue weighted by molar-refractivity contribution is 9.10. The molecular weight excluding hydrogens is 356 g/mol. The lowest BCUT2D eigenvalue weighted by Crippen LogP contribution is -2.44. The van der Waals surface area contributed by atoms with Gasteiger partial charge in [0.15, 0.2) is 6.61 Å². The monoisotopic (exact) mass is 374 g/mol. The molecule has 1 aromatic rings. The fourth-order valence-electron chi connectivity index (χ4n) is 3.17. The molecule has 3 rings (SSSR count). The molecule has 2 aliphatic heterocycles. The highest BCUT2D eigenvalue weighted by Crippen LogP contribution is 2.28. The van der Waals surface area contributed by atoms with E-state index in [0.29, 0.717) is 12.1 Å². The van der Waals surface area contributed by atoms with Crippen LogP contribution in [0.3, 0.4) is 0 Å². The quantitative estimate of drug-likeness (QED) is 0.883. The molecule has 2 aliphatic rings. The minimum absolute atomic E-state index is 0. The smallest absolute Gasteiger partial charge is 0.261 e.